The quantitative estimate of drug-likeness (QED) is 0.621. The number of aryl methyl sites for hydroxylation is 1. The zero-order valence-corrected chi connectivity index (χ0v) is 18.3. The fourth-order valence-corrected chi connectivity index (χ4v) is 4.06. The van der Waals surface area contributed by atoms with Crippen LogP contribution in [0.1, 0.15) is 30.5 Å². The SMILES string of the molecule is COc1cc2c(c(OC)c1OC)-c1ccc(NCCN)c(=O)cc1[C@H](NC(C)=O)CC2. The molecule has 0 unspecified atom stereocenters. The largest absolute Gasteiger partial charge is 0.493 e. The van der Waals surface area contributed by atoms with Gasteiger partial charge in [-0.3, -0.25) is 9.59 Å². The van der Waals surface area contributed by atoms with Crippen LogP contribution in [0.25, 0.3) is 11.1 Å². The van der Waals surface area contributed by atoms with Crippen molar-refractivity contribution in [2.24, 2.45) is 5.73 Å². The maximum Gasteiger partial charge on any atom is 0.217 e. The third-order valence-electron chi connectivity index (χ3n) is 5.38. The summed E-state index contributed by atoms with van der Waals surface area (Å²) in [4.78, 5) is 24.9. The molecule has 0 heterocycles. The topological polar surface area (TPSA) is 112 Å². The number of ether oxygens (including phenoxy) is 3. The summed E-state index contributed by atoms with van der Waals surface area (Å²) in [5, 5.41) is 6.06. The van der Waals surface area contributed by atoms with Crippen molar-refractivity contribution in [3.63, 3.8) is 0 Å². The highest BCUT2D eigenvalue weighted by Crippen LogP contribution is 2.50. The van der Waals surface area contributed by atoms with E-state index in [1.165, 1.54) is 6.92 Å². The Morgan fingerprint density at radius 1 is 1.13 bits per heavy atom. The number of benzene rings is 1. The van der Waals surface area contributed by atoms with Crippen LogP contribution in [0.5, 0.6) is 17.2 Å². The van der Waals surface area contributed by atoms with Crippen molar-refractivity contribution in [2.45, 2.75) is 25.8 Å². The molecular formula is C23H29N3O5. The molecule has 0 saturated carbocycles. The van der Waals surface area contributed by atoms with Gasteiger partial charge < -0.3 is 30.6 Å². The molecule has 166 valence electrons. The number of nitrogens with two attached hydrogens (primary N) is 1. The van der Waals surface area contributed by atoms with Crippen molar-refractivity contribution in [3.05, 3.63) is 45.6 Å². The van der Waals surface area contributed by atoms with E-state index in [1.807, 2.05) is 12.1 Å². The molecule has 0 fully saturated rings. The fraction of sp³-hybridized carbons (Fsp3) is 0.391. The maximum atomic E-state index is 12.9. The van der Waals surface area contributed by atoms with Crippen molar-refractivity contribution >= 4 is 11.6 Å². The van der Waals surface area contributed by atoms with Crippen molar-refractivity contribution in [2.75, 3.05) is 39.7 Å². The number of carbonyl (C=O) groups is 1. The number of amides is 1. The Kier molecular flexibility index (Phi) is 7.02. The predicted molar refractivity (Wildman–Crippen MR) is 120 cm³/mol. The first-order valence-corrected chi connectivity index (χ1v) is 10.2. The van der Waals surface area contributed by atoms with Gasteiger partial charge >= 0.3 is 0 Å². The van der Waals surface area contributed by atoms with Gasteiger partial charge in [-0.1, -0.05) is 6.07 Å². The lowest BCUT2D eigenvalue weighted by Crippen LogP contribution is -2.26. The van der Waals surface area contributed by atoms with Gasteiger partial charge in [0.15, 0.2) is 11.5 Å². The summed E-state index contributed by atoms with van der Waals surface area (Å²) in [6, 6.07) is 6.80. The first-order chi connectivity index (χ1) is 14.9. The van der Waals surface area contributed by atoms with E-state index in [4.69, 9.17) is 19.9 Å². The molecule has 0 spiro atoms. The second kappa shape index (κ2) is 9.70. The zero-order valence-electron chi connectivity index (χ0n) is 18.3. The Bertz CT molecular complexity index is 1040. The van der Waals surface area contributed by atoms with Gasteiger partial charge in [-0.2, -0.15) is 0 Å². The number of hydrogen-bond donors (Lipinski definition) is 3. The van der Waals surface area contributed by atoms with Crippen LogP contribution in [0.15, 0.2) is 29.1 Å². The molecular weight excluding hydrogens is 398 g/mol. The van der Waals surface area contributed by atoms with Crippen molar-refractivity contribution in [1.82, 2.24) is 5.32 Å². The molecule has 2 aromatic rings. The molecule has 31 heavy (non-hydrogen) atoms. The van der Waals surface area contributed by atoms with E-state index >= 15 is 0 Å². The van der Waals surface area contributed by atoms with E-state index in [-0.39, 0.29) is 17.4 Å². The van der Waals surface area contributed by atoms with Gasteiger partial charge in [0.1, 0.15) is 0 Å². The first kappa shape index (κ1) is 22.4. The molecule has 8 nitrogen and oxygen atoms in total. The van der Waals surface area contributed by atoms with Crippen LogP contribution in [0, 0.1) is 0 Å². The predicted octanol–water partition coefficient (Wildman–Crippen LogP) is 2.23. The van der Waals surface area contributed by atoms with E-state index in [2.05, 4.69) is 10.6 Å². The van der Waals surface area contributed by atoms with E-state index < -0.39 is 0 Å². The minimum absolute atomic E-state index is 0.163. The zero-order chi connectivity index (χ0) is 22.5. The Labute approximate surface area is 181 Å². The second-order valence-corrected chi connectivity index (χ2v) is 7.31. The van der Waals surface area contributed by atoms with Crippen LogP contribution < -0.4 is 36.0 Å². The van der Waals surface area contributed by atoms with Gasteiger partial charge in [0, 0.05) is 25.6 Å². The summed E-state index contributed by atoms with van der Waals surface area (Å²) in [6.07, 6.45) is 1.27. The van der Waals surface area contributed by atoms with Crippen LogP contribution in [0.2, 0.25) is 0 Å². The molecule has 0 aromatic heterocycles. The van der Waals surface area contributed by atoms with Crippen LogP contribution >= 0.6 is 0 Å². The fourth-order valence-electron chi connectivity index (χ4n) is 4.06. The third kappa shape index (κ3) is 4.44. The Morgan fingerprint density at radius 2 is 1.87 bits per heavy atom. The van der Waals surface area contributed by atoms with E-state index in [9.17, 15) is 9.59 Å². The summed E-state index contributed by atoms with van der Waals surface area (Å²) < 4.78 is 16.9. The highest BCUT2D eigenvalue weighted by atomic mass is 16.5. The molecule has 1 amide bonds. The lowest BCUT2D eigenvalue weighted by Gasteiger charge is -2.19. The highest BCUT2D eigenvalue weighted by Gasteiger charge is 2.29. The average molecular weight is 428 g/mol. The lowest BCUT2D eigenvalue weighted by molar-refractivity contribution is -0.119. The van der Waals surface area contributed by atoms with Crippen molar-refractivity contribution in [3.8, 4) is 28.4 Å². The highest BCUT2D eigenvalue weighted by molar-refractivity contribution is 5.83. The second-order valence-electron chi connectivity index (χ2n) is 7.31. The number of rotatable bonds is 7. The molecule has 4 N–H and O–H groups in total. The minimum atomic E-state index is -0.330. The molecule has 1 aliphatic rings. The normalized spacial score (nSPS) is 14.5. The van der Waals surface area contributed by atoms with Gasteiger partial charge in [0.05, 0.1) is 33.1 Å². The summed E-state index contributed by atoms with van der Waals surface area (Å²) in [5.41, 5.74) is 9.18. The Morgan fingerprint density at radius 3 is 2.48 bits per heavy atom. The van der Waals surface area contributed by atoms with Crippen molar-refractivity contribution in [1.29, 1.82) is 0 Å². The van der Waals surface area contributed by atoms with Gasteiger partial charge in [-0.05, 0) is 47.7 Å². The maximum absolute atomic E-state index is 12.9. The minimum Gasteiger partial charge on any atom is -0.493 e. The van der Waals surface area contributed by atoms with Crippen LogP contribution in [-0.4, -0.2) is 40.3 Å². The van der Waals surface area contributed by atoms with Crippen LogP contribution in [-0.2, 0) is 11.2 Å². The average Bonchev–Trinajstić information content (AvgIpc) is 2.99. The van der Waals surface area contributed by atoms with Gasteiger partial charge in [-0.15, -0.1) is 0 Å². The van der Waals surface area contributed by atoms with Gasteiger partial charge in [0.2, 0.25) is 17.1 Å². The molecule has 0 aliphatic heterocycles. The Balaban J connectivity index is 2.36. The van der Waals surface area contributed by atoms with E-state index in [1.54, 1.807) is 33.5 Å². The number of hydrogen-bond acceptors (Lipinski definition) is 7. The van der Waals surface area contributed by atoms with Crippen LogP contribution in [0.3, 0.4) is 0 Å². The molecule has 0 saturated heterocycles. The Hall–Kier alpha value is -3.26. The molecule has 3 rings (SSSR count). The number of nitrogens with one attached hydrogen (secondary N) is 2. The molecule has 1 atom stereocenters. The number of fused-ring (bicyclic) bond motifs is 3. The first-order valence-electron chi connectivity index (χ1n) is 10.2. The number of carbonyl (C=O) groups excluding carboxylic acids is 1. The summed E-state index contributed by atoms with van der Waals surface area (Å²) in [6.45, 7) is 2.35. The third-order valence-corrected chi connectivity index (χ3v) is 5.38. The molecule has 2 aromatic carbocycles. The van der Waals surface area contributed by atoms with Crippen LogP contribution in [0.4, 0.5) is 5.69 Å². The van der Waals surface area contributed by atoms with Crippen molar-refractivity contribution < 1.29 is 19.0 Å². The molecule has 8 heteroatoms. The molecule has 1 aliphatic carbocycles. The number of methoxy groups -OCH3 is 3. The number of anilines is 1. The molecule has 0 bridgehead atoms. The van der Waals surface area contributed by atoms with Gasteiger partial charge in [-0.25, -0.2) is 0 Å². The standard InChI is InChI=1S/C23H29N3O5/c1-13(27)26-17-7-5-14-11-20(29-2)22(30-3)23(31-4)21(14)15-6-8-18(25-10-9-24)19(28)12-16(15)17/h6,8,11-12,17H,5,7,9-10,24H2,1-4H3,(H,25,28)(H,26,27)/t17-/m1/s1. The van der Waals surface area contributed by atoms with E-state index in [0.717, 1.165) is 22.3 Å². The summed E-state index contributed by atoms with van der Waals surface area (Å²) in [5.74, 6) is 1.40. The molecule has 0 radical (unpaired) electrons. The van der Waals surface area contributed by atoms with Gasteiger partial charge in [0.25, 0.3) is 0 Å². The lowest BCUT2D eigenvalue weighted by atomic mass is 9.95. The monoisotopic (exact) mass is 427 g/mol. The van der Waals surface area contributed by atoms with E-state index in [0.29, 0.717) is 48.9 Å². The smallest absolute Gasteiger partial charge is 0.217 e. The summed E-state index contributed by atoms with van der Waals surface area (Å²) >= 11 is 0. The summed E-state index contributed by atoms with van der Waals surface area (Å²) in [7, 11) is 4.71.